The highest BCUT2D eigenvalue weighted by atomic mass is 16.5. The van der Waals surface area contributed by atoms with Crippen molar-refractivity contribution in [3.05, 3.63) is 70.9 Å². The number of aromatic nitrogens is 3. The predicted molar refractivity (Wildman–Crippen MR) is 125 cm³/mol. The van der Waals surface area contributed by atoms with Gasteiger partial charge in [0.05, 0.1) is 30.5 Å². The third kappa shape index (κ3) is 3.76. The maximum Gasteiger partial charge on any atom is 0.295 e. The lowest BCUT2D eigenvalue weighted by Gasteiger charge is -2.30. The number of nitrogens with zero attached hydrogens (tertiary/aromatic N) is 5. The third-order valence-electron chi connectivity index (χ3n) is 6.57. The normalized spacial score (nSPS) is 21.0. The molecule has 1 atom stereocenters. The first kappa shape index (κ1) is 22.2. The van der Waals surface area contributed by atoms with Crippen LogP contribution in [0.25, 0.3) is 11.4 Å². The number of fused-ring (bicyclic) bond motifs is 1. The van der Waals surface area contributed by atoms with E-state index in [1.165, 1.54) is 0 Å². The van der Waals surface area contributed by atoms with Gasteiger partial charge < -0.3 is 14.7 Å². The Kier molecular flexibility index (Phi) is 5.89. The van der Waals surface area contributed by atoms with E-state index in [2.05, 4.69) is 14.9 Å². The van der Waals surface area contributed by atoms with Crippen LogP contribution in [0.3, 0.4) is 0 Å². The number of amides is 1. The molecule has 176 valence electrons. The number of morpholine rings is 1. The standard InChI is InChI=1S/C25H27N5O4/c1-16-4-3-9-29-20(17(2)27-24(16)29)22(31)19-21(18-5-7-26-8-6-18)30(25(33)23(19)32)11-10-28-12-14-34-15-13-28/h3-9,21,31H,10-15H2,1-2H3/b22-19+/t21-/m0/s1. The summed E-state index contributed by atoms with van der Waals surface area (Å²) >= 11 is 0. The van der Waals surface area contributed by atoms with Crippen LogP contribution in [0.1, 0.15) is 28.6 Å². The van der Waals surface area contributed by atoms with E-state index in [9.17, 15) is 14.7 Å². The maximum absolute atomic E-state index is 13.3. The Morgan fingerprint density at radius 3 is 2.59 bits per heavy atom. The molecule has 2 saturated heterocycles. The SMILES string of the molecule is Cc1nc2c(C)cccn2c1/C(O)=C1\C(=O)C(=O)N(CCN2CCOCC2)[C@H]1c1ccncc1. The van der Waals surface area contributed by atoms with Gasteiger partial charge in [0.15, 0.2) is 5.76 Å². The van der Waals surface area contributed by atoms with Gasteiger partial charge in [-0.15, -0.1) is 0 Å². The minimum atomic E-state index is -0.709. The number of rotatable bonds is 5. The molecule has 2 aliphatic heterocycles. The zero-order valence-corrected chi connectivity index (χ0v) is 19.3. The van der Waals surface area contributed by atoms with E-state index in [1.54, 1.807) is 46.9 Å². The second-order valence-electron chi connectivity index (χ2n) is 8.66. The van der Waals surface area contributed by atoms with Gasteiger partial charge >= 0.3 is 0 Å². The Balaban J connectivity index is 1.61. The fraction of sp³-hybridized carbons (Fsp3) is 0.360. The number of hydrogen-bond acceptors (Lipinski definition) is 7. The maximum atomic E-state index is 13.3. The summed E-state index contributed by atoms with van der Waals surface area (Å²) < 4.78 is 7.18. The van der Waals surface area contributed by atoms with Crippen molar-refractivity contribution < 1.29 is 19.4 Å². The second-order valence-corrected chi connectivity index (χ2v) is 8.66. The van der Waals surface area contributed by atoms with E-state index in [4.69, 9.17) is 4.74 Å². The highest BCUT2D eigenvalue weighted by Crippen LogP contribution is 2.39. The van der Waals surface area contributed by atoms with Gasteiger partial charge in [-0.3, -0.25) is 23.9 Å². The first-order valence-corrected chi connectivity index (χ1v) is 11.4. The number of aryl methyl sites for hydroxylation is 2. The lowest BCUT2D eigenvalue weighted by molar-refractivity contribution is -0.140. The molecule has 9 nitrogen and oxygen atoms in total. The molecule has 0 aromatic carbocycles. The van der Waals surface area contributed by atoms with Gasteiger partial charge in [0.2, 0.25) is 0 Å². The van der Waals surface area contributed by atoms with Crippen molar-refractivity contribution in [1.82, 2.24) is 24.2 Å². The van der Waals surface area contributed by atoms with Gasteiger partial charge in [-0.25, -0.2) is 4.98 Å². The monoisotopic (exact) mass is 461 g/mol. The van der Waals surface area contributed by atoms with E-state index in [0.717, 1.165) is 24.2 Å². The zero-order chi connectivity index (χ0) is 23.8. The Morgan fingerprint density at radius 2 is 1.85 bits per heavy atom. The molecule has 0 aliphatic carbocycles. The number of carbonyl (C=O) groups excluding carboxylic acids is 2. The lowest BCUT2D eigenvalue weighted by Crippen LogP contribution is -2.42. The molecule has 3 aromatic heterocycles. The number of pyridine rings is 2. The van der Waals surface area contributed by atoms with E-state index in [0.29, 0.717) is 43.3 Å². The average molecular weight is 462 g/mol. The van der Waals surface area contributed by atoms with Crippen molar-refractivity contribution in [1.29, 1.82) is 0 Å². The molecule has 0 saturated carbocycles. The molecular weight excluding hydrogens is 434 g/mol. The van der Waals surface area contributed by atoms with Crippen LogP contribution in [0.5, 0.6) is 0 Å². The molecule has 2 fully saturated rings. The third-order valence-corrected chi connectivity index (χ3v) is 6.57. The number of Topliss-reactive ketones (excluding diaryl/α,β-unsaturated/α-hetero) is 1. The molecule has 1 N–H and O–H groups in total. The van der Waals surface area contributed by atoms with Gasteiger partial charge in [0.1, 0.15) is 11.3 Å². The first-order chi connectivity index (χ1) is 16.5. The summed E-state index contributed by atoms with van der Waals surface area (Å²) in [5, 5.41) is 11.5. The number of aliphatic hydroxyl groups is 1. The minimum absolute atomic E-state index is 0.0737. The fourth-order valence-electron chi connectivity index (χ4n) is 4.81. The molecular formula is C25H27N5O4. The molecule has 3 aromatic rings. The lowest BCUT2D eigenvalue weighted by atomic mass is 9.97. The summed E-state index contributed by atoms with van der Waals surface area (Å²) in [6, 6.07) is 6.64. The van der Waals surface area contributed by atoms with Crippen molar-refractivity contribution in [2.45, 2.75) is 19.9 Å². The van der Waals surface area contributed by atoms with Gasteiger partial charge in [0.25, 0.3) is 11.7 Å². The number of likely N-dealkylation sites (tertiary alicyclic amines) is 1. The van der Waals surface area contributed by atoms with Gasteiger partial charge in [-0.05, 0) is 43.2 Å². The van der Waals surface area contributed by atoms with Gasteiger partial charge in [-0.2, -0.15) is 0 Å². The zero-order valence-electron chi connectivity index (χ0n) is 19.3. The second kappa shape index (κ2) is 9.00. The molecule has 0 spiro atoms. The van der Waals surface area contributed by atoms with E-state index in [-0.39, 0.29) is 11.3 Å². The fourth-order valence-corrected chi connectivity index (χ4v) is 4.81. The summed E-state index contributed by atoms with van der Waals surface area (Å²) in [4.78, 5) is 39.0. The summed E-state index contributed by atoms with van der Waals surface area (Å²) in [6.45, 7) is 7.57. The van der Waals surface area contributed by atoms with E-state index in [1.807, 2.05) is 19.1 Å². The molecule has 5 rings (SSSR count). The van der Waals surface area contributed by atoms with Gasteiger partial charge in [0, 0.05) is 44.8 Å². The number of aliphatic hydroxyl groups excluding tert-OH is 1. The Bertz CT molecular complexity index is 1280. The smallest absolute Gasteiger partial charge is 0.295 e. The number of ketones is 1. The van der Waals surface area contributed by atoms with Crippen LogP contribution < -0.4 is 0 Å². The van der Waals surface area contributed by atoms with Crippen molar-refractivity contribution in [2.24, 2.45) is 0 Å². The Labute approximate surface area is 197 Å². The average Bonchev–Trinajstić information content (AvgIpc) is 3.33. The van der Waals surface area contributed by atoms with Crippen LogP contribution in [0.2, 0.25) is 0 Å². The van der Waals surface area contributed by atoms with Crippen LogP contribution in [0.4, 0.5) is 0 Å². The summed E-state index contributed by atoms with van der Waals surface area (Å²) in [5.74, 6) is -1.52. The van der Waals surface area contributed by atoms with Crippen molar-refractivity contribution in [2.75, 3.05) is 39.4 Å². The molecule has 0 unspecified atom stereocenters. The quantitative estimate of drug-likeness (QED) is 0.353. The molecule has 2 aliphatic rings. The largest absolute Gasteiger partial charge is 0.505 e. The summed E-state index contributed by atoms with van der Waals surface area (Å²) in [7, 11) is 0. The van der Waals surface area contributed by atoms with Crippen LogP contribution in [-0.2, 0) is 14.3 Å². The van der Waals surface area contributed by atoms with E-state index < -0.39 is 17.7 Å². The molecule has 34 heavy (non-hydrogen) atoms. The number of ether oxygens (including phenoxy) is 1. The highest BCUT2D eigenvalue weighted by Gasteiger charge is 2.46. The first-order valence-electron chi connectivity index (χ1n) is 11.4. The van der Waals surface area contributed by atoms with E-state index >= 15 is 0 Å². The van der Waals surface area contributed by atoms with Crippen molar-refractivity contribution >= 4 is 23.1 Å². The van der Waals surface area contributed by atoms with Crippen molar-refractivity contribution in [3.63, 3.8) is 0 Å². The topological polar surface area (TPSA) is 100 Å². The molecule has 0 radical (unpaired) electrons. The molecule has 1 amide bonds. The minimum Gasteiger partial charge on any atom is -0.505 e. The van der Waals surface area contributed by atoms with Crippen LogP contribution in [0, 0.1) is 13.8 Å². The highest BCUT2D eigenvalue weighted by molar-refractivity contribution is 6.46. The Morgan fingerprint density at radius 1 is 1.12 bits per heavy atom. The molecule has 0 bridgehead atoms. The molecule has 5 heterocycles. The number of hydrogen-bond donors (Lipinski definition) is 1. The molecule has 9 heteroatoms. The summed E-state index contributed by atoms with van der Waals surface area (Å²) in [6.07, 6.45) is 5.05. The van der Waals surface area contributed by atoms with Crippen LogP contribution >= 0.6 is 0 Å². The number of carbonyl (C=O) groups is 2. The summed E-state index contributed by atoms with van der Waals surface area (Å²) in [5.41, 5.74) is 3.44. The van der Waals surface area contributed by atoms with Crippen LogP contribution in [-0.4, -0.2) is 80.4 Å². The Hall–Kier alpha value is -3.56. The van der Waals surface area contributed by atoms with Crippen LogP contribution in [0.15, 0.2) is 48.4 Å². The number of imidazole rings is 1. The predicted octanol–water partition coefficient (Wildman–Crippen LogP) is 2.10. The van der Waals surface area contributed by atoms with Gasteiger partial charge in [-0.1, -0.05) is 6.07 Å². The van der Waals surface area contributed by atoms with Crippen molar-refractivity contribution in [3.8, 4) is 0 Å².